The predicted molar refractivity (Wildman–Crippen MR) is 65.3 cm³/mol. The minimum Gasteiger partial charge on any atom is -0.429 e. The summed E-state index contributed by atoms with van der Waals surface area (Å²) >= 11 is 12.7. The highest BCUT2D eigenvalue weighted by atomic mass is 35.5. The van der Waals surface area contributed by atoms with E-state index in [2.05, 4.69) is 4.98 Å². The maximum atomic E-state index is 10.6. The van der Waals surface area contributed by atoms with Crippen molar-refractivity contribution in [2.45, 2.75) is 0 Å². The highest BCUT2D eigenvalue weighted by Gasteiger charge is 2.12. The lowest BCUT2D eigenvalue weighted by Gasteiger charge is -2.03. The molecule has 0 radical (unpaired) electrons. The van der Waals surface area contributed by atoms with Crippen LogP contribution in [0.25, 0.3) is 0 Å². The number of benzene rings is 1. The number of halogens is 2. The summed E-state index contributed by atoms with van der Waals surface area (Å²) in [7, 11) is 0. The van der Waals surface area contributed by atoms with Gasteiger partial charge in [-0.1, -0.05) is 34.5 Å². The first-order valence-electron chi connectivity index (χ1n) is 4.29. The average molecular weight is 291 g/mol. The van der Waals surface area contributed by atoms with Crippen LogP contribution in [0.15, 0.2) is 23.6 Å². The zero-order valence-corrected chi connectivity index (χ0v) is 10.4. The molecule has 0 fully saturated rings. The number of hydrogen-bond acceptors (Lipinski definition) is 5. The third kappa shape index (κ3) is 2.85. The van der Waals surface area contributed by atoms with Gasteiger partial charge < -0.3 is 4.74 Å². The molecule has 1 heterocycles. The average Bonchev–Trinajstić information content (AvgIpc) is 2.67. The Balaban J connectivity index is 2.31. The summed E-state index contributed by atoms with van der Waals surface area (Å²) in [6.45, 7) is 0. The first-order valence-corrected chi connectivity index (χ1v) is 5.92. The fraction of sp³-hybridized carbons (Fsp3) is 0. The number of hydrogen-bond donors (Lipinski definition) is 0. The Bertz CT molecular complexity index is 573. The third-order valence-corrected chi connectivity index (χ3v) is 3.13. The number of nitro groups is 1. The second-order valence-corrected chi connectivity index (χ2v) is 4.53. The molecule has 0 aliphatic heterocycles. The van der Waals surface area contributed by atoms with Gasteiger partial charge in [-0.05, 0) is 6.07 Å². The van der Waals surface area contributed by atoms with Crippen LogP contribution < -0.4 is 4.74 Å². The fourth-order valence-electron chi connectivity index (χ4n) is 1.06. The Labute approximate surface area is 110 Å². The van der Waals surface area contributed by atoms with E-state index in [1.807, 2.05) is 0 Å². The lowest BCUT2D eigenvalue weighted by atomic mass is 10.3. The number of nitrogens with zero attached hydrogens (tertiary/aromatic N) is 2. The van der Waals surface area contributed by atoms with Crippen molar-refractivity contribution in [1.29, 1.82) is 0 Å². The Morgan fingerprint density at radius 2 is 2.18 bits per heavy atom. The minimum absolute atomic E-state index is 0.105. The molecule has 1 aromatic heterocycles. The second-order valence-electron chi connectivity index (χ2n) is 2.91. The van der Waals surface area contributed by atoms with Gasteiger partial charge in [0, 0.05) is 11.4 Å². The molecule has 2 rings (SSSR count). The second kappa shape index (κ2) is 4.87. The molecule has 17 heavy (non-hydrogen) atoms. The molecule has 0 saturated heterocycles. The van der Waals surface area contributed by atoms with Crippen LogP contribution in [-0.2, 0) is 0 Å². The predicted octanol–water partition coefficient (Wildman–Crippen LogP) is 4.15. The van der Waals surface area contributed by atoms with Crippen molar-refractivity contribution in [3.8, 4) is 10.9 Å². The van der Waals surface area contributed by atoms with Gasteiger partial charge in [0.2, 0.25) is 0 Å². The molecule has 8 heteroatoms. The van der Waals surface area contributed by atoms with Crippen LogP contribution in [0.1, 0.15) is 0 Å². The van der Waals surface area contributed by atoms with E-state index in [4.69, 9.17) is 27.9 Å². The van der Waals surface area contributed by atoms with E-state index in [-0.39, 0.29) is 21.7 Å². The summed E-state index contributed by atoms with van der Waals surface area (Å²) < 4.78 is 5.31. The minimum atomic E-state index is -0.530. The van der Waals surface area contributed by atoms with Gasteiger partial charge in [0.25, 0.3) is 10.9 Å². The van der Waals surface area contributed by atoms with E-state index in [0.29, 0.717) is 5.15 Å². The molecule has 0 bridgehead atoms. The standard InChI is InChI=1S/C9H4Cl2N2O3S/c10-6-2-1-5(13(14)15)3-7(6)16-9-12-8(11)4-17-9/h1-4H. The van der Waals surface area contributed by atoms with E-state index < -0.39 is 4.92 Å². The van der Waals surface area contributed by atoms with E-state index in [0.717, 1.165) is 0 Å². The number of non-ortho nitro benzene ring substituents is 1. The maximum absolute atomic E-state index is 10.6. The monoisotopic (exact) mass is 290 g/mol. The van der Waals surface area contributed by atoms with Gasteiger partial charge in [-0.3, -0.25) is 10.1 Å². The Morgan fingerprint density at radius 1 is 1.41 bits per heavy atom. The van der Waals surface area contributed by atoms with Crippen LogP contribution in [0.3, 0.4) is 0 Å². The summed E-state index contributed by atoms with van der Waals surface area (Å²) in [6.07, 6.45) is 0. The van der Waals surface area contributed by atoms with Crippen LogP contribution in [0.2, 0.25) is 10.2 Å². The van der Waals surface area contributed by atoms with Gasteiger partial charge in [-0.25, -0.2) is 0 Å². The summed E-state index contributed by atoms with van der Waals surface area (Å²) in [6, 6.07) is 3.92. The SMILES string of the molecule is O=[N+]([O-])c1ccc(Cl)c(Oc2nc(Cl)cs2)c1. The van der Waals surface area contributed by atoms with Gasteiger partial charge in [0.05, 0.1) is 16.0 Å². The van der Waals surface area contributed by atoms with Crippen LogP contribution in [0.5, 0.6) is 10.9 Å². The van der Waals surface area contributed by atoms with Crippen LogP contribution in [0.4, 0.5) is 5.69 Å². The molecule has 0 amide bonds. The number of rotatable bonds is 3. The molecular weight excluding hydrogens is 287 g/mol. The molecule has 0 spiro atoms. The summed E-state index contributed by atoms with van der Waals surface area (Å²) in [4.78, 5) is 13.9. The molecule has 0 N–H and O–H groups in total. The quantitative estimate of drug-likeness (QED) is 0.629. The van der Waals surface area contributed by atoms with Crippen molar-refractivity contribution < 1.29 is 9.66 Å². The lowest BCUT2D eigenvalue weighted by molar-refractivity contribution is -0.384. The van der Waals surface area contributed by atoms with E-state index in [1.165, 1.54) is 29.5 Å². The molecule has 1 aromatic carbocycles. The zero-order chi connectivity index (χ0) is 12.4. The van der Waals surface area contributed by atoms with Crippen molar-refractivity contribution in [2.75, 3.05) is 0 Å². The number of aromatic nitrogens is 1. The molecule has 5 nitrogen and oxygen atoms in total. The van der Waals surface area contributed by atoms with E-state index >= 15 is 0 Å². The molecule has 0 atom stereocenters. The molecule has 88 valence electrons. The first kappa shape index (κ1) is 12.1. The topological polar surface area (TPSA) is 65.3 Å². The van der Waals surface area contributed by atoms with Gasteiger partial charge in [0.15, 0.2) is 5.75 Å². The van der Waals surface area contributed by atoms with Crippen LogP contribution in [-0.4, -0.2) is 9.91 Å². The molecule has 0 saturated carbocycles. The largest absolute Gasteiger partial charge is 0.429 e. The number of thiazole rings is 1. The summed E-state index contributed by atoms with van der Waals surface area (Å²) in [5.74, 6) is 0.173. The van der Waals surface area contributed by atoms with Crippen LogP contribution >= 0.6 is 34.5 Å². The number of ether oxygens (including phenoxy) is 1. The van der Waals surface area contributed by atoms with Crippen molar-refractivity contribution in [2.24, 2.45) is 0 Å². The molecular formula is C9H4Cl2N2O3S. The Hall–Kier alpha value is -1.37. The highest BCUT2D eigenvalue weighted by molar-refractivity contribution is 7.11. The van der Waals surface area contributed by atoms with Gasteiger partial charge >= 0.3 is 0 Å². The van der Waals surface area contributed by atoms with Crippen molar-refractivity contribution in [3.63, 3.8) is 0 Å². The summed E-state index contributed by atoms with van der Waals surface area (Å²) in [5, 5.41) is 13.0. The van der Waals surface area contributed by atoms with Gasteiger partial charge in [-0.2, -0.15) is 4.98 Å². The fourth-order valence-corrected chi connectivity index (χ4v) is 2.02. The van der Waals surface area contributed by atoms with Crippen molar-refractivity contribution in [3.05, 3.63) is 43.9 Å². The van der Waals surface area contributed by atoms with Gasteiger partial charge in [-0.15, -0.1) is 0 Å². The molecule has 2 aromatic rings. The summed E-state index contributed by atoms with van der Waals surface area (Å²) in [5.41, 5.74) is -0.105. The Kier molecular flexibility index (Phi) is 3.46. The van der Waals surface area contributed by atoms with E-state index in [1.54, 1.807) is 5.38 Å². The third-order valence-electron chi connectivity index (χ3n) is 1.78. The smallest absolute Gasteiger partial charge is 0.280 e. The van der Waals surface area contributed by atoms with E-state index in [9.17, 15) is 10.1 Å². The maximum Gasteiger partial charge on any atom is 0.280 e. The molecule has 0 unspecified atom stereocenters. The first-order chi connectivity index (χ1) is 8.06. The lowest BCUT2D eigenvalue weighted by Crippen LogP contribution is -1.90. The molecule has 0 aliphatic carbocycles. The number of nitro benzene ring substituents is 1. The van der Waals surface area contributed by atoms with Crippen molar-refractivity contribution >= 4 is 40.2 Å². The normalized spacial score (nSPS) is 10.2. The Morgan fingerprint density at radius 3 is 2.76 bits per heavy atom. The van der Waals surface area contributed by atoms with Gasteiger partial charge in [0.1, 0.15) is 5.15 Å². The highest BCUT2D eigenvalue weighted by Crippen LogP contribution is 2.34. The van der Waals surface area contributed by atoms with Crippen LogP contribution in [0, 0.1) is 10.1 Å². The molecule has 0 aliphatic rings. The zero-order valence-electron chi connectivity index (χ0n) is 8.09. The van der Waals surface area contributed by atoms with Crippen molar-refractivity contribution in [1.82, 2.24) is 4.98 Å².